The van der Waals surface area contributed by atoms with E-state index in [-0.39, 0.29) is 19.4 Å². The topological polar surface area (TPSA) is 186 Å². The number of unbranched alkanes of at least 4 members (excludes halogenated alkanes) is 22. The van der Waals surface area contributed by atoms with Gasteiger partial charge in [0.1, 0.15) is 36.8 Å². The fourth-order valence-electron chi connectivity index (χ4n) is 6.44. The fraction of sp³-hybridized carbons (Fsp3) is 0.949. The van der Waals surface area contributed by atoms with Crippen LogP contribution in [0.25, 0.3) is 0 Å². The summed E-state index contributed by atoms with van der Waals surface area (Å²) in [7, 11) is -4.59. The lowest BCUT2D eigenvalue weighted by atomic mass is 10.00. The summed E-state index contributed by atoms with van der Waals surface area (Å²) in [5.41, 5.74) is 0. The number of aliphatic hydroxyl groups is 3. The molecule has 0 radical (unpaired) electrons. The first-order valence-corrected chi connectivity index (χ1v) is 22.2. The van der Waals surface area contributed by atoms with Crippen molar-refractivity contribution in [2.24, 2.45) is 0 Å². The van der Waals surface area contributed by atoms with Crippen LogP contribution in [0.15, 0.2) is 0 Å². The van der Waals surface area contributed by atoms with E-state index in [0.29, 0.717) is 12.8 Å². The minimum absolute atomic E-state index is 0.171. The molecule has 308 valence electrons. The van der Waals surface area contributed by atoms with E-state index in [1.165, 1.54) is 103 Å². The zero-order chi connectivity index (χ0) is 38.5. The Balaban J connectivity index is 2.49. The summed E-state index contributed by atoms with van der Waals surface area (Å²) in [5, 5.41) is 30.8. The lowest BCUT2D eigenvalue weighted by molar-refractivity contribution is -0.297. The zero-order valence-electron chi connectivity index (χ0n) is 32.4. The van der Waals surface area contributed by atoms with Crippen molar-refractivity contribution in [3.63, 3.8) is 0 Å². The van der Waals surface area contributed by atoms with E-state index in [4.69, 9.17) is 18.9 Å². The quantitative estimate of drug-likeness (QED) is 0.0291. The van der Waals surface area contributed by atoms with E-state index in [1.54, 1.807) is 0 Å². The molecule has 0 saturated carbocycles. The van der Waals surface area contributed by atoms with Gasteiger partial charge in [-0.15, -0.1) is 0 Å². The molecule has 4 N–H and O–H groups in total. The first kappa shape index (κ1) is 48.7. The molecule has 0 amide bonds. The van der Waals surface area contributed by atoms with Gasteiger partial charge < -0.3 is 34.3 Å². The minimum atomic E-state index is -4.59. The molecule has 0 bridgehead atoms. The van der Waals surface area contributed by atoms with Gasteiger partial charge in [-0.1, -0.05) is 155 Å². The summed E-state index contributed by atoms with van der Waals surface area (Å²) in [6.07, 6.45) is 18.7. The maximum Gasteiger partial charge on any atom is 0.306 e. The third kappa shape index (κ3) is 25.6. The Hall–Kier alpha value is -1.35. The molecule has 0 aromatic heterocycles. The number of aliphatic hydroxyl groups excluding tert-OH is 3. The van der Waals surface area contributed by atoms with Crippen molar-refractivity contribution in [2.45, 2.75) is 218 Å². The predicted molar refractivity (Wildman–Crippen MR) is 201 cm³/mol. The standard InChI is InChI=1S/C39H74O12S/c1-3-5-7-9-11-13-15-16-18-19-21-23-25-27-34(40)48-29-32(50-35(41)28-26-24-22-20-17-14-12-10-8-6-4-2)30-49-39-38(44)37(43)36(42)33(51-39)31-52(45,46)47/h32-33,36-39,42-44H,3-31H2,1-2H3,(H,45,46,47)/t32-,33-,36-,37?,38?,39+/m1/s1. The molecule has 0 aliphatic carbocycles. The van der Waals surface area contributed by atoms with Gasteiger partial charge in [0.05, 0.1) is 6.61 Å². The first-order chi connectivity index (χ1) is 25.0. The third-order valence-electron chi connectivity index (χ3n) is 9.69. The van der Waals surface area contributed by atoms with Crippen LogP contribution in [0.4, 0.5) is 0 Å². The number of carbonyl (C=O) groups excluding carboxylic acids is 2. The lowest BCUT2D eigenvalue weighted by Gasteiger charge is -2.40. The molecular weight excluding hydrogens is 692 g/mol. The first-order valence-electron chi connectivity index (χ1n) is 20.6. The monoisotopic (exact) mass is 766 g/mol. The summed E-state index contributed by atoms with van der Waals surface area (Å²) in [6.45, 7) is 3.74. The van der Waals surface area contributed by atoms with Crippen LogP contribution in [0.2, 0.25) is 0 Å². The molecule has 52 heavy (non-hydrogen) atoms. The lowest BCUT2D eigenvalue weighted by Crippen LogP contribution is -2.60. The van der Waals surface area contributed by atoms with E-state index in [9.17, 15) is 37.9 Å². The van der Waals surface area contributed by atoms with Gasteiger partial charge >= 0.3 is 11.9 Å². The van der Waals surface area contributed by atoms with Gasteiger partial charge in [-0.25, -0.2) is 0 Å². The predicted octanol–water partition coefficient (Wildman–Crippen LogP) is 7.34. The van der Waals surface area contributed by atoms with Gasteiger partial charge in [0, 0.05) is 12.8 Å². The average molecular weight is 767 g/mol. The van der Waals surface area contributed by atoms with Crippen LogP contribution in [0.3, 0.4) is 0 Å². The van der Waals surface area contributed by atoms with Crippen molar-refractivity contribution >= 4 is 22.1 Å². The maximum absolute atomic E-state index is 12.7. The molecule has 1 fully saturated rings. The number of ether oxygens (including phenoxy) is 4. The fourth-order valence-corrected chi connectivity index (χ4v) is 7.13. The molecule has 6 atom stereocenters. The molecule has 13 heteroatoms. The molecule has 1 aliphatic rings. The summed E-state index contributed by atoms with van der Waals surface area (Å²) >= 11 is 0. The van der Waals surface area contributed by atoms with Crippen LogP contribution in [0, 0.1) is 0 Å². The minimum Gasteiger partial charge on any atom is -0.462 e. The number of rotatable bonds is 34. The van der Waals surface area contributed by atoms with E-state index < -0.39 is 71.2 Å². The smallest absolute Gasteiger partial charge is 0.306 e. The third-order valence-corrected chi connectivity index (χ3v) is 10.4. The van der Waals surface area contributed by atoms with Crippen molar-refractivity contribution < 1.29 is 56.8 Å². The Kier molecular flexibility index (Phi) is 28.9. The van der Waals surface area contributed by atoms with Gasteiger partial charge in [0.25, 0.3) is 10.1 Å². The van der Waals surface area contributed by atoms with Gasteiger partial charge in [-0.05, 0) is 12.8 Å². The molecule has 1 saturated heterocycles. The summed E-state index contributed by atoms with van der Waals surface area (Å²) in [4.78, 5) is 25.2. The molecule has 0 aromatic rings. The second-order valence-corrected chi connectivity index (χ2v) is 16.2. The molecule has 0 spiro atoms. The molecule has 1 aliphatic heterocycles. The van der Waals surface area contributed by atoms with Crippen molar-refractivity contribution in [1.82, 2.24) is 0 Å². The van der Waals surface area contributed by atoms with E-state index in [1.807, 2.05) is 0 Å². The highest BCUT2D eigenvalue weighted by atomic mass is 32.2. The SMILES string of the molecule is CCCCCCCCCCCCCCCC(=O)OC[C@H](CO[C@H]1O[C@H](CS(=O)(=O)O)[C@@H](O)C(O)C1O)OC(=O)CCCCCCCCCCCCC. The Bertz CT molecular complexity index is 994. The van der Waals surface area contributed by atoms with Crippen LogP contribution in [-0.2, 0) is 38.7 Å². The number of esters is 2. The second-order valence-electron chi connectivity index (χ2n) is 14.7. The van der Waals surface area contributed by atoms with Crippen LogP contribution in [0.5, 0.6) is 0 Å². The Morgan fingerprint density at radius 3 is 1.40 bits per heavy atom. The molecular formula is C39H74O12S. The highest BCUT2D eigenvalue weighted by Crippen LogP contribution is 2.24. The number of hydrogen-bond donors (Lipinski definition) is 4. The van der Waals surface area contributed by atoms with Crippen LogP contribution in [0.1, 0.15) is 181 Å². The van der Waals surface area contributed by atoms with Crippen LogP contribution < -0.4 is 0 Å². The molecule has 2 unspecified atom stereocenters. The van der Waals surface area contributed by atoms with Crippen molar-refractivity contribution in [2.75, 3.05) is 19.0 Å². The average Bonchev–Trinajstić information content (AvgIpc) is 3.10. The molecule has 1 heterocycles. The van der Waals surface area contributed by atoms with Crippen LogP contribution in [-0.4, -0.2) is 96.0 Å². The van der Waals surface area contributed by atoms with Gasteiger partial charge in [-0.2, -0.15) is 8.42 Å². The van der Waals surface area contributed by atoms with Crippen molar-refractivity contribution in [3.8, 4) is 0 Å². The van der Waals surface area contributed by atoms with E-state index in [2.05, 4.69) is 13.8 Å². The molecule has 0 aromatic carbocycles. The Morgan fingerprint density at radius 2 is 0.981 bits per heavy atom. The highest BCUT2D eigenvalue weighted by molar-refractivity contribution is 7.85. The van der Waals surface area contributed by atoms with Crippen molar-refractivity contribution in [3.05, 3.63) is 0 Å². The van der Waals surface area contributed by atoms with Gasteiger partial charge in [0.15, 0.2) is 12.4 Å². The molecule has 1 rings (SSSR count). The summed E-state index contributed by atoms with van der Waals surface area (Å²) in [6, 6.07) is 0. The Morgan fingerprint density at radius 1 is 0.577 bits per heavy atom. The normalized spacial score (nSPS) is 21.2. The maximum atomic E-state index is 12.7. The summed E-state index contributed by atoms with van der Waals surface area (Å²) < 4.78 is 53.8. The van der Waals surface area contributed by atoms with Gasteiger partial charge in [-0.3, -0.25) is 14.1 Å². The Labute approximate surface area is 314 Å². The second kappa shape index (κ2) is 30.9. The number of carbonyl (C=O) groups is 2. The largest absolute Gasteiger partial charge is 0.462 e. The van der Waals surface area contributed by atoms with E-state index in [0.717, 1.165) is 38.5 Å². The van der Waals surface area contributed by atoms with Crippen molar-refractivity contribution in [1.29, 1.82) is 0 Å². The summed E-state index contributed by atoms with van der Waals surface area (Å²) in [5.74, 6) is -1.97. The highest BCUT2D eigenvalue weighted by Gasteiger charge is 2.46. The number of hydrogen-bond acceptors (Lipinski definition) is 11. The van der Waals surface area contributed by atoms with Gasteiger partial charge in [0.2, 0.25) is 0 Å². The molecule has 12 nitrogen and oxygen atoms in total. The zero-order valence-corrected chi connectivity index (χ0v) is 33.2. The van der Waals surface area contributed by atoms with Crippen LogP contribution >= 0.6 is 0 Å². The van der Waals surface area contributed by atoms with E-state index >= 15 is 0 Å².